The molecule has 11 nitrogen and oxygen atoms in total. The standard InChI is InChI=1S/C36H32F2N4O7/c1-45-31-15-26-28(16-32(31)47-13-11-39-17-21-19-46-20-21)40-10-8-29(26)49-30-7-4-24(14-27(30)38)41-35(43)33-34-22(9-12-48-34)18-42(36(33)44)25-5-2-23(37)3-6-25/h2-8,10,14-16,18,21,39H,9,11-13,17,19-20H2,1H3,(H,41,43). The van der Waals surface area contributed by atoms with Gasteiger partial charge < -0.3 is 34.3 Å². The van der Waals surface area contributed by atoms with Gasteiger partial charge in [-0.1, -0.05) is 0 Å². The number of carbonyl (C=O) groups excluding carboxylic acids is 1. The van der Waals surface area contributed by atoms with Crippen LogP contribution in [0.3, 0.4) is 0 Å². The number of methoxy groups -OCH3 is 1. The molecule has 3 aromatic carbocycles. The lowest BCUT2D eigenvalue weighted by molar-refractivity contribution is -0.0307. The van der Waals surface area contributed by atoms with Crippen LogP contribution in [0.25, 0.3) is 16.6 Å². The fraction of sp³-hybridized carbons (Fsp3) is 0.250. The summed E-state index contributed by atoms with van der Waals surface area (Å²) < 4.78 is 58.5. The highest BCUT2D eigenvalue weighted by Gasteiger charge is 2.27. The number of carbonyl (C=O) groups is 1. The number of fused-ring (bicyclic) bond motifs is 2. The number of ether oxygens (including phenoxy) is 5. The number of halogens is 2. The van der Waals surface area contributed by atoms with Crippen molar-refractivity contribution in [3.05, 3.63) is 106 Å². The fourth-order valence-electron chi connectivity index (χ4n) is 5.66. The normalized spacial score (nSPS) is 13.8. The maximum Gasteiger partial charge on any atom is 0.271 e. The quantitative estimate of drug-likeness (QED) is 0.171. The molecule has 2 aromatic heterocycles. The lowest BCUT2D eigenvalue weighted by atomic mass is 10.1. The van der Waals surface area contributed by atoms with Gasteiger partial charge in [-0.2, -0.15) is 0 Å². The molecule has 2 aliphatic rings. The second-order valence-corrected chi connectivity index (χ2v) is 11.6. The average Bonchev–Trinajstić information content (AvgIpc) is 3.54. The second kappa shape index (κ2) is 13.9. The van der Waals surface area contributed by atoms with Crippen LogP contribution in [0, 0.1) is 17.6 Å². The zero-order chi connectivity index (χ0) is 33.9. The van der Waals surface area contributed by atoms with E-state index in [2.05, 4.69) is 15.6 Å². The van der Waals surface area contributed by atoms with Crippen LogP contribution in [0.2, 0.25) is 0 Å². The van der Waals surface area contributed by atoms with Crippen molar-refractivity contribution < 1.29 is 37.3 Å². The summed E-state index contributed by atoms with van der Waals surface area (Å²) in [6, 6.07) is 14.3. The molecule has 0 spiro atoms. The first-order valence-electron chi connectivity index (χ1n) is 15.7. The number of hydrogen-bond donors (Lipinski definition) is 2. The molecule has 0 aliphatic carbocycles. The van der Waals surface area contributed by atoms with E-state index in [0.717, 1.165) is 25.8 Å². The smallest absolute Gasteiger partial charge is 0.271 e. The van der Waals surface area contributed by atoms with E-state index in [1.54, 1.807) is 30.6 Å². The minimum absolute atomic E-state index is 0.0942. The molecule has 1 saturated heterocycles. The third kappa shape index (κ3) is 6.76. The molecule has 4 heterocycles. The van der Waals surface area contributed by atoms with E-state index < -0.39 is 23.1 Å². The second-order valence-electron chi connectivity index (χ2n) is 11.6. The average molecular weight is 671 g/mol. The highest BCUT2D eigenvalue weighted by Crippen LogP contribution is 2.38. The molecule has 0 atom stereocenters. The molecule has 252 valence electrons. The first-order chi connectivity index (χ1) is 23.9. The van der Waals surface area contributed by atoms with Gasteiger partial charge in [0.25, 0.3) is 11.5 Å². The lowest BCUT2D eigenvalue weighted by Gasteiger charge is -2.26. The predicted molar refractivity (Wildman–Crippen MR) is 177 cm³/mol. The topological polar surface area (TPSA) is 122 Å². The van der Waals surface area contributed by atoms with Crippen LogP contribution in [0.4, 0.5) is 14.5 Å². The maximum absolute atomic E-state index is 15.4. The lowest BCUT2D eigenvalue weighted by Crippen LogP contribution is -2.38. The minimum Gasteiger partial charge on any atom is -0.493 e. The van der Waals surface area contributed by atoms with E-state index in [-0.39, 0.29) is 22.7 Å². The third-order valence-corrected chi connectivity index (χ3v) is 8.26. The largest absolute Gasteiger partial charge is 0.493 e. The van der Waals surface area contributed by atoms with Gasteiger partial charge in [0.1, 0.15) is 29.5 Å². The highest BCUT2D eigenvalue weighted by molar-refractivity contribution is 6.06. The Labute approximate surface area is 279 Å². The van der Waals surface area contributed by atoms with Crippen LogP contribution < -0.4 is 35.1 Å². The van der Waals surface area contributed by atoms with Crippen molar-refractivity contribution in [3.8, 4) is 34.4 Å². The molecular formula is C36H32F2N4O7. The van der Waals surface area contributed by atoms with Gasteiger partial charge in [-0.05, 0) is 48.5 Å². The van der Waals surface area contributed by atoms with Crippen LogP contribution in [-0.4, -0.2) is 62.1 Å². The number of hydrogen-bond acceptors (Lipinski definition) is 9. The molecule has 5 aromatic rings. The summed E-state index contributed by atoms with van der Waals surface area (Å²) in [4.78, 5) is 31.3. The molecule has 1 fully saturated rings. The highest BCUT2D eigenvalue weighted by atomic mass is 19.1. The van der Waals surface area contributed by atoms with Crippen molar-refractivity contribution in [2.45, 2.75) is 6.42 Å². The Morgan fingerprint density at radius 2 is 1.86 bits per heavy atom. The Balaban J connectivity index is 1.08. The van der Waals surface area contributed by atoms with Gasteiger partial charge in [-0.15, -0.1) is 0 Å². The van der Waals surface area contributed by atoms with Crippen LogP contribution in [0.5, 0.6) is 28.7 Å². The summed E-state index contributed by atoms with van der Waals surface area (Å²) in [5.41, 5.74) is 0.792. The predicted octanol–water partition coefficient (Wildman–Crippen LogP) is 5.27. The van der Waals surface area contributed by atoms with Gasteiger partial charge in [-0.3, -0.25) is 19.1 Å². The number of benzene rings is 3. The number of nitrogens with zero attached hydrogens (tertiary/aromatic N) is 2. The van der Waals surface area contributed by atoms with Crippen LogP contribution >= 0.6 is 0 Å². The van der Waals surface area contributed by atoms with Gasteiger partial charge in [-0.25, -0.2) is 8.78 Å². The molecule has 0 saturated carbocycles. The van der Waals surface area contributed by atoms with Gasteiger partial charge in [0.05, 0.1) is 32.4 Å². The van der Waals surface area contributed by atoms with E-state index in [4.69, 9.17) is 23.7 Å². The summed E-state index contributed by atoms with van der Waals surface area (Å²) in [7, 11) is 1.53. The Bertz CT molecular complexity index is 2080. The zero-order valence-corrected chi connectivity index (χ0v) is 26.5. The van der Waals surface area contributed by atoms with Gasteiger partial charge in [0.2, 0.25) is 0 Å². The molecule has 0 radical (unpaired) electrons. The number of nitrogens with one attached hydrogen (secondary N) is 2. The van der Waals surface area contributed by atoms with E-state index in [1.165, 1.54) is 48.1 Å². The number of aromatic nitrogens is 2. The van der Waals surface area contributed by atoms with Crippen molar-refractivity contribution in [2.75, 3.05) is 51.9 Å². The van der Waals surface area contributed by atoms with E-state index in [9.17, 15) is 14.0 Å². The van der Waals surface area contributed by atoms with Gasteiger partial charge >= 0.3 is 0 Å². The summed E-state index contributed by atoms with van der Waals surface area (Å²) in [5, 5.41) is 6.52. The van der Waals surface area contributed by atoms with Gasteiger partial charge in [0, 0.05) is 72.3 Å². The summed E-state index contributed by atoms with van der Waals surface area (Å²) in [6.45, 7) is 3.80. The zero-order valence-electron chi connectivity index (χ0n) is 26.5. The Morgan fingerprint density at radius 3 is 2.61 bits per heavy atom. The Morgan fingerprint density at radius 1 is 1.02 bits per heavy atom. The van der Waals surface area contributed by atoms with Crippen molar-refractivity contribution in [1.82, 2.24) is 14.9 Å². The van der Waals surface area contributed by atoms with Crippen LogP contribution in [-0.2, 0) is 11.2 Å². The Kier molecular flexibility index (Phi) is 9.09. The monoisotopic (exact) mass is 670 g/mol. The summed E-state index contributed by atoms with van der Waals surface area (Å²) >= 11 is 0. The maximum atomic E-state index is 15.4. The van der Waals surface area contributed by atoms with E-state index in [0.29, 0.717) is 71.5 Å². The molecule has 7 rings (SSSR count). The molecule has 49 heavy (non-hydrogen) atoms. The van der Waals surface area contributed by atoms with Crippen LogP contribution in [0.1, 0.15) is 15.9 Å². The molecule has 0 bridgehead atoms. The third-order valence-electron chi connectivity index (χ3n) is 8.26. The van der Waals surface area contributed by atoms with E-state index in [1.807, 2.05) is 0 Å². The minimum atomic E-state index is -0.776. The first kappa shape index (κ1) is 32.0. The number of amides is 1. The molecule has 1 amide bonds. The molecule has 2 aliphatic heterocycles. The van der Waals surface area contributed by atoms with Crippen LogP contribution in [0.15, 0.2) is 77.9 Å². The molecule has 2 N–H and O–H groups in total. The summed E-state index contributed by atoms with van der Waals surface area (Å²) in [5.74, 6) is -0.0771. The molecule has 0 unspecified atom stereocenters. The SMILES string of the molecule is COc1cc2c(Oc3ccc(NC(=O)c4c5c(cn(-c6ccc(F)cc6)c4=O)CCO5)cc3F)ccnc2cc1OCCNCC1COC1. The molecular weight excluding hydrogens is 638 g/mol. The van der Waals surface area contributed by atoms with E-state index >= 15 is 4.39 Å². The molecule has 13 heteroatoms. The first-order valence-corrected chi connectivity index (χ1v) is 15.7. The Hall–Kier alpha value is -5.53. The fourth-order valence-corrected chi connectivity index (χ4v) is 5.66. The van der Waals surface area contributed by atoms with Crippen molar-refractivity contribution in [2.24, 2.45) is 5.92 Å². The van der Waals surface area contributed by atoms with Crippen molar-refractivity contribution >= 4 is 22.5 Å². The number of pyridine rings is 2. The van der Waals surface area contributed by atoms with Crippen molar-refractivity contribution in [3.63, 3.8) is 0 Å². The summed E-state index contributed by atoms with van der Waals surface area (Å²) in [6.07, 6.45) is 3.61. The number of rotatable bonds is 12. The van der Waals surface area contributed by atoms with Gasteiger partial charge in [0.15, 0.2) is 23.1 Å². The number of anilines is 1. The van der Waals surface area contributed by atoms with Crippen molar-refractivity contribution in [1.29, 1.82) is 0 Å².